The van der Waals surface area contributed by atoms with E-state index in [0.717, 1.165) is 5.69 Å². The number of anilines is 1. The summed E-state index contributed by atoms with van der Waals surface area (Å²) in [6.45, 7) is 2.07. The maximum absolute atomic E-state index is 11.1. The molecule has 0 radical (unpaired) electrons. The highest BCUT2D eigenvalue weighted by Gasteiger charge is 2.07. The van der Waals surface area contributed by atoms with Crippen LogP contribution in [0.1, 0.15) is 6.92 Å². The van der Waals surface area contributed by atoms with Gasteiger partial charge in [-0.2, -0.15) is 5.10 Å². The third kappa shape index (κ3) is 4.12. The van der Waals surface area contributed by atoms with Crippen LogP contribution in [0.4, 0.5) is 5.69 Å². The molecule has 0 aliphatic carbocycles. The van der Waals surface area contributed by atoms with E-state index in [-0.39, 0.29) is 4.62 Å². The van der Waals surface area contributed by atoms with Gasteiger partial charge in [0.15, 0.2) is 0 Å². The van der Waals surface area contributed by atoms with E-state index >= 15 is 0 Å². The first kappa shape index (κ1) is 11.7. The minimum atomic E-state index is -0.485. The van der Waals surface area contributed by atoms with Gasteiger partial charge in [0.25, 0.3) is 0 Å². The number of para-hydroxylation sites is 1. The normalized spacial score (nSPS) is 10.9. The number of benzene rings is 1. The maximum atomic E-state index is 11.1. The lowest BCUT2D eigenvalue weighted by Gasteiger charge is -2.01. The van der Waals surface area contributed by atoms with Gasteiger partial charge in [0.1, 0.15) is 0 Å². The van der Waals surface area contributed by atoms with Gasteiger partial charge < -0.3 is 4.74 Å². The van der Waals surface area contributed by atoms with E-state index in [1.54, 1.807) is 6.92 Å². The van der Waals surface area contributed by atoms with Crippen molar-refractivity contribution in [3.05, 3.63) is 30.3 Å². The third-order valence-electron chi connectivity index (χ3n) is 1.50. The van der Waals surface area contributed by atoms with E-state index < -0.39 is 5.97 Å². The summed E-state index contributed by atoms with van der Waals surface area (Å²) in [5.74, 6) is -0.485. The molecule has 1 aromatic rings. The SMILES string of the molecule is CCOC(=O)/C(Br)=N/Nc1ccccc1. The molecular weight excluding hydrogens is 260 g/mol. The summed E-state index contributed by atoms with van der Waals surface area (Å²) in [7, 11) is 0. The van der Waals surface area contributed by atoms with Gasteiger partial charge in [0.05, 0.1) is 12.3 Å². The second-order valence-electron chi connectivity index (χ2n) is 2.60. The molecule has 0 atom stereocenters. The fraction of sp³-hybridized carbons (Fsp3) is 0.200. The molecule has 0 saturated carbocycles. The molecule has 0 bridgehead atoms. The largest absolute Gasteiger partial charge is 0.461 e. The lowest BCUT2D eigenvalue weighted by atomic mass is 10.3. The predicted molar refractivity (Wildman–Crippen MR) is 63.1 cm³/mol. The summed E-state index contributed by atoms with van der Waals surface area (Å²) in [4.78, 5) is 11.1. The molecule has 80 valence electrons. The number of hydrogen-bond acceptors (Lipinski definition) is 4. The standard InChI is InChI=1S/C10H11BrN2O2/c1-2-15-10(14)9(11)13-12-8-6-4-3-5-7-8/h3-7,12H,2H2,1H3/b13-9-. The number of carbonyl (C=O) groups excluding carboxylic acids is 1. The van der Waals surface area contributed by atoms with Crippen molar-refractivity contribution in [2.24, 2.45) is 5.10 Å². The van der Waals surface area contributed by atoms with Crippen LogP contribution in [0.3, 0.4) is 0 Å². The van der Waals surface area contributed by atoms with E-state index in [2.05, 4.69) is 26.5 Å². The van der Waals surface area contributed by atoms with E-state index in [9.17, 15) is 4.79 Å². The van der Waals surface area contributed by atoms with E-state index in [1.807, 2.05) is 30.3 Å². The van der Waals surface area contributed by atoms with E-state index in [4.69, 9.17) is 4.74 Å². The smallest absolute Gasteiger partial charge is 0.366 e. The molecule has 0 fully saturated rings. The van der Waals surface area contributed by atoms with Gasteiger partial charge in [-0.3, -0.25) is 5.43 Å². The quantitative estimate of drug-likeness (QED) is 0.519. The van der Waals surface area contributed by atoms with Crippen molar-refractivity contribution in [2.75, 3.05) is 12.0 Å². The van der Waals surface area contributed by atoms with Crippen molar-refractivity contribution in [2.45, 2.75) is 6.92 Å². The van der Waals surface area contributed by atoms with Crippen LogP contribution in [0.15, 0.2) is 35.4 Å². The first-order valence-corrected chi connectivity index (χ1v) is 5.24. The molecule has 0 aliphatic rings. The van der Waals surface area contributed by atoms with E-state index in [0.29, 0.717) is 6.61 Å². The molecule has 1 aromatic carbocycles. The molecular formula is C10H11BrN2O2. The van der Waals surface area contributed by atoms with Gasteiger partial charge in [-0.05, 0) is 35.0 Å². The van der Waals surface area contributed by atoms with Crippen molar-refractivity contribution in [1.82, 2.24) is 0 Å². The summed E-state index contributed by atoms with van der Waals surface area (Å²) in [5.41, 5.74) is 3.53. The van der Waals surface area contributed by atoms with Crippen molar-refractivity contribution >= 4 is 32.2 Å². The van der Waals surface area contributed by atoms with Gasteiger partial charge >= 0.3 is 5.97 Å². The summed E-state index contributed by atoms with van der Waals surface area (Å²) in [5, 5.41) is 3.82. The van der Waals surface area contributed by atoms with Crippen molar-refractivity contribution in [1.29, 1.82) is 0 Å². The van der Waals surface area contributed by atoms with Gasteiger partial charge in [-0.25, -0.2) is 4.79 Å². The topological polar surface area (TPSA) is 50.7 Å². The molecule has 0 spiro atoms. The zero-order valence-corrected chi connectivity index (χ0v) is 9.82. The average molecular weight is 271 g/mol. The molecule has 5 heteroatoms. The highest BCUT2D eigenvalue weighted by Crippen LogP contribution is 2.05. The van der Waals surface area contributed by atoms with Crippen LogP contribution in [-0.2, 0) is 9.53 Å². The molecule has 15 heavy (non-hydrogen) atoms. The fourth-order valence-electron chi connectivity index (χ4n) is 0.863. The molecule has 1 N–H and O–H groups in total. The minimum Gasteiger partial charge on any atom is -0.461 e. The summed E-state index contributed by atoms with van der Waals surface area (Å²) in [6.07, 6.45) is 0. The maximum Gasteiger partial charge on any atom is 0.366 e. The molecule has 1 rings (SSSR count). The van der Waals surface area contributed by atoms with Gasteiger partial charge in [-0.1, -0.05) is 18.2 Å². The number of nitrogens with one attached hydrogen (secondary N) is 1. The molecule has 0 amide bonds. The zero-order valence-electron chi connectivity index (χ0n) is 8.24. The number of hydrogen-bond donors (Lipinski definition) is 1. The van der Waals surface area contributed by atoms with Crippen LogP contribution in [0.25, 0.3) is 0 Å². The summed E-state index contributed by atoms with van der Waals surface area (Å²) >= 11 is 3.01. The van der Waals surface area contributed by atoms with Crippen LogP contribution in [0, 0.1) is 0 Å². The van der Waals surface area contributed by atoms with E-state index in [1.165, 1.54) is 0 Å². The number of hydrazone groups is 1. The van der Waals surface area contributed by atoms with Crippen LogP contribution in [0.2, 0.25) is 0 Å². The molecule has 0 heterocycles. The lowest BCUT2D eigenvalue weighted by Crippen LogP contribution is -2.12. The summed E-state index contributed by atoms with van der Waals surface area (Å²) in [6, 6.07) is 9.32. The summed E-state index contributed by atoms with van der Waals surface area (Å²) < 4.78 is 4.85. The van der Waals surface area contributed by atoms with Crippen LogP contribution in [-0.4, -0.2) is 17.2 Å². The molecule has 0 aliphatic heterocycles. The van der Waals surface area contributed by atoms with Crippen LogP contribution in [0.5, 0.6) is 0 Å². The number of carbonyl (C=O) groups is 1. The minimum absolute atomic E-state index is 0.119. The first-order valence-electron chi connectivity index (χ1n) is 4.45. The molecule has 0 unspecified atom stereocenters. The van der Waals surface area contributed by atoms with Gasteiger partial charge in [-0.15, -0.1) is 0 Å². The Balaban J connectivity index is 2.54. The van der Waals surface area contributed by atoms with Crippen LogP contribution >= 0.6 is 15.9 Å². The Morgan fingerprint density at radius 3 is 2.73 bits per heavy atom. The van der Waals surface area contributed by atoms with Crippen molar-refractivity contribution in [3.8, 4) is 0 Å². The Kier molecular flexibility index (Phi) is 4.83. The molecule has 4 nitrogen and oxygen atoms in total. The third-order valence-corrected chi connectivity index (χ3v) is 2.00. The van der Waals surface area contributed by atoms with Crippen LogP contribution < -0.4 is 5.43 Å². The average Bonchev–Trinajstić information content (AvgIpc) is 2.27. The first-order chi connectivity index (χ1) is 7.24. The zero-order chi connectivity index (χ0) is 11.1. The molecule has 0 aromatic heterocycles. The number of esters is 1. The van der Waals surface area contributed by atoms with Crippen molar-refractivity contribution < 1.29 is 9.53 Å². The number of ether oxygens (including phenoxy) is 1. The highest BCUT2D eigenvalue weighted by atomic mass is 79.9. The Hall–Kier alpha value is -1.36. The number of rotatable bonds is 4. The monoisotopic (exact) mass is 270 g/mol. The van der Waals surface area contributed by atoms with Crippen molar-refractivity contribution in [3.63, 3.8) is 0 Å². The fourth-order valence-corrected chi connectivity index (χ4v) is 1.07. The van der Waals surface area contributed by atoms with Gasteiger partial charge in [0.2, 0.25) is 4.62 Å². The Morgan fingerprint density at radius 1 is 1.47 bits per heavy atom. The Bertz CT molecular complexity index is 352. The van der Waals surface area contributed by atoms with Gasteiger partial charge in [0, 0.05) is 0 Å². The predicted octanol–water partition coefficient (Wildman–Crippen LogP) is 2.37. The second-order valence-corrected chi connectivity index (χ2v) is 3.35. The Morgan fingerprint density at radius 2 is 2.13 bits per heavy atom. The lowest BCUT2D eigenvalue weighted by molar-refractivity contribution is -0.134. The second kappa shape index (κ2) is 6.19. The Labute approximate surface area is 96.4 Å². The number of halogens is 1. The highest BCUT2D eigenvalue weighted by molar-refractivity contribution is 9.19. The number of nitrogens with zero attached hydrogens (tertiary/aromatic N) is 1. The molecule has 0 saturated heterocycles.